The van der Waals surface area contributed by atoms with E-state index < -0.39 is 5.60 Å². The largest absolute Gasteiger partial charge is 0.444 e. The average molecular weight is 443 g/mol. The zero-order valence-electron chi connectivity index (χ0n) is 19.3. The van der Waals surface area contributed by atoms with Crippen LogP contribution in [0.4, 0.5) is 10.5 Å². The lowest BCUT2D eigenvalue weighted by Crippen LogP contribution is -2.36. The summed E-state index contributed by atoms with van der Waals surface area (Å²) < 4.78 is 5.57. The minimum Gasteiger partial charge on any atom is -0.444 e. The van der Waals surface area contributed by atoms with Gasteiger partial charge in [-0.25, -0.2) is 4.79 Å². The molecule has 0 bridgehead atoms. The summed E-state index contributed by atoms with van der Waals surface area (Å²) >= 11 is 0. The molecular weight excluding hydrogens is 412 g/mol. The molecule has 2 atom stereocenters. The highest BCUT2D eigenvalue weighted by atomic mass is 16.6. The van der Waals surface area contributed by atoms with Gasteiger partial charge >= 0.3 is 6.09 Å². The van der Waals surface area contributed by atoms with E-state index in [4.69, 9.17) is 4.74 Å². The maximum atomic E-state index is 13.4. The zero-order valence-corrected chi connectivity index (χ0v) is 19.3. The minimum absolute atomic E-state index is 0.0971. The number of carbonyl (C=O) groups is 2. The first-order valence-corrected chi connectivity index (χ1v) is 11.3. The lowest BCUT2D eigenvalue weighted by Gasteiger charge is -2.24. The quantitative estimate of drug-likeness (QED) is 0.544. The lowest BCUT2D eigenvalue weighted by atomic mass is 9.88. The first-order valence-electron chi connectivity index (χ1n) is 11.3. The molecule has 170 valence electrons. The van der Waals surface area contributed by atoms with Gasteiger partial charge in [0.1, 0.15) is 5.60 Å². The Morgan fingerprint density at radius 3 is 2.15 bits per heavy atom. The molecule has 4 rings (SSSR count). The van der Waals surface area contributed by atoms with Crippen LogP contribution in [-0.4, -0.2) is 35.6 Å². The summed E-state index contributed by atoms with van der Waals surface area (Å²) in [5, 5.41) is 3.08. The fourth-order valence-corrected chi connectivity index (χ4v) is 4.23. The second-order valence-electron chi connectivity index (χ2n) is 9.45. The number of amides is 2. The fraction of sp³-hybridized carbons (Fsp3) is 0.286. The molecule has 1 aliphatic rings. The summed E-state index contributed by atoms with van der Waals surface area (Å²) in [5.74, 6) is -0.573. The minimum atomic E-state index is -0.586. The van der Waals surface area contributed by atoms with Crippen LogP contribution in [0, 0.1) is 5.92 Å². The monoisotopic (exact) mass is 442 g/mol. The second kappa shape index (κ2) is 9.49. The van der Waals surface area contributed by atoms with Crippen LogP contribution in [0.25, 0.3) is 11.1 Å². The van der Waals surface area contributed by atoms with Gasteiger partial charge in [0.25, 0.3) is 0 Å². The molecule has 1 heterocycles. The highest BCUT2D eigenvalue weighted by molar-refractivity contribution is 5.94. The van der Waals surface area contributed by atoms with Crippen molar-refractivity contribution in [2.75, 3.05) is 18.4 Å². The van der Waals surface area contributed by atoms with Crippen LogP contribution >= 0.6 is 0 Å². The van der Waals surface area contributed by atoms with E-state index in [1.165, 1.54) is 0 Å². The van der Waals surface area contributed by atoms with Crippen LogP contribution in [0.5, 0.6) is 0 Å². The number of carbonyl (C=O) groups excluding carboxylic acids is 2. The molecule has 1 N–H and O–H groups in total. The highest BCUT2D eigenvalue weighted by Gasteiger charge is 2.41. The predicted octanol–water partition coefficient (Wildman–Crippen LogP) is 5.94. The molecule has 0 aliphatic carbocycles. The summed E-state index contributed by atoms with van der Waals surface area (Å²) in [4.78, 5) is 27.8. The molecule has 3 aromatic carbocycles. The summed E-state index contributed by atoms with van der Waals surface area (Å²) in [5.41, 5.74) is 3.32. The second-order valence-corrected chi connectivity index (χ2v) is 9.45. The fourth-order valence-electron chi connectivity index (χ4n) is 4.23. The van der Waals surface area contributed by atoms with Crippen molar-refractivity contribution in [2.24, 2.45) is 5.92 Å². The normalized spacial score (nSPS) is 18.1. The summed E-state index contributed by atoms with van der Waals surface area (Å²) in [6, 6.07) is 27.8. The van der Waals surface area contributed by atoms with Gasteiger partial charge in [0.2, 0.25) is 5.91 Å². The van der Waals surface area contributed by atoms with Crippen molar-refractivity contribution >= 4 is 17.7 Å². The van der Waals surface area contributed by atoms with Crippen LogP contribution < -0.4 is 5.32 Å². The highest BCUT2D eigenvalue weighted by Crippen LogP contribution is 2.34. The Morgan fingerprint density at radius 1 is 0.848 bits per heavy atom. The topological polar surface area (TPSA) is 58.6 Å². The standard InChI is InChI=1S/C28H30N2O3/c1-28(2,3)33-27(32)30-18-24(21-13-8-5-9-14-21)25(19-30)26(31)29-23-16-10-15-22(17-23)20-11-6-4-7-12-20/h4-17,24-25H,18-19H2,1-3H3,(H,29,31)/t24-,25+/m0/s1. The van der Waals surface area contributed by atoms with Gasteiger partial charge in [-0.3, -0.25) is 4.79 Å². The van der Waals surface area contributed by atoms with Crippen molar-refractivity contribution in [2.45, 2.75) is 32.3 Å². The molecule has 0 aromatic heterocycles. The van der Waals surface area contributed by atoms with Crippen molar-refractivity contribution in [1.82, 2.24) is 4.90 Å². The zero-order chi connectivity index (χ0) is 23.4. The SMILES string of the molecule is CC(C)(C)OC(=O)N1C[C@@H](C(=O)Nc2cccc(-c3ccccc3)c2)[C@H](c2ccccc2)C1. The predicted molar refractivity (Wildman–Crippen MR) is 131 cm³/mol. The number of ether oxygens (including phenoxy) is 1. The molecule has 33 heavy (non-hydrogen) atoms. The Bertz CT molecular complexity index is 1110. The van der Waals surface area contributed by atoms with Gasteiger partial charge < -0.3 is 15.0 Å². The van der Waals surface area contributed by atoms with Gasteiger partial charge in [0.05, 0.1) is 5.92 Å². The van der Waals surface area contributed by atoms with Crippen LogP contribution in [0.15, 0.2) is 84.9 Å². The third-order valence-electron chi connectivity index (χ3n) is 5.77. The molecule has 0 saturated carbocycles. The summed E-state index contributed by atoms with van der Waals surface area (Å²) in [7, 11) is 0. The molecule has 5 nitrogen and oxygen atoms in total. The smallest absolute Gasteiger partial charge is 0.410 e. The van der Waals surface area contributed by atoms with E-state index in [2.05, 4.69) is 5.32 Å². The van der Waals surface area contributed by atoms with E-state index in [-0.39, 0.29) is 23.8 Å². The number of rotatable bonds is 4. The molecule has 0 spiro atoms. The Morgan fingerprint density at radius 2 is 1.48 bits per heavy atom. The van der Waals surface area contributed by atoms with Crippen molar-refractivity contribution < 1.29 is 14.3 Å². The van der Waals surface area contributed by atoms with Crippen molar-refractivity contribution in [1.29, 1.82) is 0 Å². The number of benzene rings is 3. The molecule has 0 unspecified atom stereocenters. The number of nitrogens with one attached hydrogen (secondary N) is 1. The van der Waals surface area contributed by atoms with E-state index in [1.807, 2.05) is 106 Å². The number of anilines is 1. The van der Waals surface area contributed by atoms with Crippen LogP contribution in [0.2, 0.25) is 0 Å². The average Bonchev–Trinajstić information content (AvgIpc) is 3.25. The molecular formula is C28H30N2O3. The van der Waals surface area contributed by atoms with Gasteiger partial charge in [-0.2, -0.15) is 0 Å². The summed E-state index contributed by atoms with van der Waals surface area (Å²) in [6.45, 7) is 6.30. The Hall–Kier alpha value is -3.60. The molecule has 2 amide bonds. The van der Waals surface area contributed by atoms with Gasteiger partial charge in [-0.1, -0.05) is 72.8 Å². The van der Waals surface area contributed by atoms with E-state index in [0.717, 1.165) is 22.4 Å². The van der Waals surface area contributed by atoms with E-state index >= 15 is 0 Å². The third-order valence-corrected chi connectivity index (χ3v) is 5.77. The molecule has 0 radical (unpaired) electrons. The first-order chi connectivity index (χ1) is 15.8. The van der Waals surface area contributed by atoms with E-state index in [9.17, 15) is 9.59 Å². The number of hydrogen-bond donors (Lipinski definition) is 1. The molecule has 1 fully saturated rings. The van der Waals surface area contributed by atoms with Crippen LogP contribution in [0.1, 0.15) is 32.3 Å². The van der Waals surface area contributed by atoms with Gasteiger partial charge in [-0.05, 0) is 49.6 Å². The van der Waals surface area contributed by atoms with E-state index in [1.54, 1.807) is 4.90 Å². The van der Waals surface area contributed by atoms with Crippen LogP contribution in [0.3, 0.4) is 0 Å². The van der Waals surface area contributed by atoms with Crippen molar-refractivity contribution in [3.05, 3.63) is 90.5 Å². The molecule has 1 aliphatic heterocycles. The number of likely N-dealkylation sites (tertiary alicyclic amines) is 1. The third kappa shape index (κ3) is 5.61. The van der Waals surface area contributed by atoms with Crippen LogP contribution in [-0.2, 0) is 9.53 Å². The van der Waals surface area contributed by atoms with E-state index in [0.29, 0.717) is 13.1 Å². The van der Waals surface area contributed by atoms with Gasteiger partial charge in [0, 0.05) is 24.7 Å². The van der Waals surface area contributed by atoms with Gasteiger partial charge in [0.15, 0.2) is 0 Å². The Balaban J connectivity index is 1.55. The summed E-state index contributed by atoms with van der Waals surface area (Å²) in [6.07, 6.45) is -0.384. The van der Waals surface area contributed by atoms with Gasteiger partial charge in [-0.15, -0.1) is 0 Å². The molecule has 3 aromatic rings. The van der Waals surface area contributed by atoms with Crippen molar-refractivity contribution in [3.8, 4) is 11.1 Å². The number of nitrogens with zero attached hydrogens (tertiary/aromatic N) is 1. The maximum absolute atomic E-state index is 13.4. The maximum Gasteiger partial charge on any atom is 0.410 e. The first kappa shape index (κ1) is 22.6. The Kier molecular flexibility index (Phi) is 6.50. The Labute approximate surface area is 195 Å². The number of hydrogen-bond acceptors (Lipinski definition) is 3. The lowest BCUT2D eigenvalue weighted by molar-refractivity contribution is -0.119. The molecule has 5 heteroatoms. The van der Waals surface area contributed by atoms with Crippen molar-refractivity contribution in [3.63, 3.8) is 0 Å². The molecule has 1 saturated heterocycles.